The smallest absolute Gasteiger partial charge is 0.252 e. The number of nitrogens with two attached hydrogens (primary N) is 1. The molecule has 2 N–H and O–H groups in total. The van der Waals surface area contributed by atoms with Gasteiger partial charge in [-0.05, 0) is 24.3 Å². The van der Waals surface area contributed by atoms with Gasteiger partial charge in [-0.3, -0.25) is 4.84 Å². The second-order valence-corrected chi connectivity index (χ2v) is 6.81. The summed E-state index contributed by atoms with van der Waals surface area (Å²) in [5.74, 6) is 5.11. The van der Waals surface area contributed by atoms with Crippen LogP contribution in [0.2, 0.25) is 0 Å². The third-order valence-corrected chi connectivity index (χ3v) is 5.86. The maximum absolute atomic E-state index is 12.1. The molecule has 1 unspecified atom stereocenters. The molecule has 0 aromatic carbocycles. The first-order valence-corrected chi connectivity index (χ1v) is 7.36. The largest absolute Gasteiger partial charge is 0.300 e. The molecular formula is C9H14N2O3S2. The fourth-order valence-corrected chi connectivity index (χ4v) is 4.43. The first kappa shape index (κ1) is 12.0. The third-order valence-electron chi connectivity index (χ3n) is 2.62. The molecule has 0 bridgehead atoms. The van der Waals surface area contributed by atoms with Crippen LogP contribution in [0.1, 0.15) is 12.8 Å². The lowest BCUT2D eigenvalue weighted by atomic mass is 10.1. The summed E-state index contributed by atoms with van der Waals surface area (Å²) in [6, 6.07) is 3.35. The van der Waals surface area contributed by atoms with E-state index in [2.05, 4.69) is 0 Å². The van der Waals surface area contributed by atoms with Crippen LogP contribution in [0, 0.1) is 0 Å². The molecule has 2 heterocycles. The molecule has 16 heavy (non-hydrogen) atoms. The predicted molar refractivity (Wildman–Crippen MR) is 61.4 cm³/mol. The molecule has 1 aliphatic rings. The van der Waals surface area contributed by atoms with Gasteiger partial charge in [-0.25, -0.2) is 14.3 Å². The number of thiophene rings is 1. The average Bonchev–Trinajstić information content (AvgIpc) is 2.83. The topological polar surface area (TPSA) is 72.6 Å². The van der Waals surface area contributed by atoms with Gasteiger partial charge in [-0.15, -0.1) is 11.3 Å². The second kappa shape index (κ2) is 4.80. The molecule has 1 aromatic heterocycles. The summed E-state index contributed by atoms with van der Waals surface area (Å²) >= 11 is 1.23. The highest BCUT2D eigenvalue weighted by molar-refractivity contribution is 7.91. The Morgan fingerprint density at radius 1 is 1.56 bits per heavy atom. The highest BCUT2D eigenvalue weighted by atomic mass is 32.2. The molecule has 1 aliphatic heterocycles. The Hall–Kier alpha value is -0.470. The van der Waals surface area contributed by atoms with Gasteiger partial charge in [0, 0.05) is 13.1 Å². The Bertz CT molecular complexity index is 430. The van der Waals surface area contributed by atoms with Crippen molar-refractivity contribution in [3.63, 3.8) is 0 Å². The van der Waals surface area contributed by atoms with Crippen LogP contribution in [0.15, 0.2) is 21.7 Å². The summed E-state index contributed by atoms with van der Waals surface area (Å²) in [5.41, 5.74) is 0. The van der Waals surface area contributed by atoms with Gasteiger partial charge >= 0.3 is 0 Å². The van der Waals surface area contributed by atoms with Crippen molar-refractivity contribution >= 4 is 21.4 Å². The molecule has 0 radical (unpaired) electrons. The van der Waals surface area contributed by atoms with Crippen LogP contribution >= 0.6 is 11.3 Å². The summed E-state index contributed by atoms with van der Waals surface area (Å²) in [5, 5.41) is 1.76. The molecule has 0 spiro atoms. The highest BCUT2D eigenvalue weighted by Gasteiger charge is 2.30. The van der Waals surface area contributed by atoms with Crippen molar-refractivity contribution in [3.05, 3.63) is 17.5 Å². The fourth-order valence-electron chi connectivity index (χ4n) is 1.77. The van der Waals surface area contributed by atoms with Crippen molar-refractivity contribution in [3.8, 4) is 0 Å². The number of sulfonamides is 1. The standard InChI is InChI=1S/C9H14N2O3S2/c10-14-8-3-1-5-11(7-8)16(12,13)9-4-2-6-15-9/h2,4,6,8H,1,3,5,7,10H2. The lowest BCUT2D eigenvalue weighted by Gasteiger charge is -2.30. The summed E-state index contributed by atoms with van der Waals surface area (Å²) in [4.78, 5) is 4.73. The molecule has 1 aromatic rings. The minimum atomic E-state index is -3.35. The summed E-state index contributed by atoms with van der Waals surface area (Å²) < 4.78 is 26.1. The lowest BCUT2D eigenvalue weighted by Crippen LogP contribution is -2.43. The van der Waals surface area contributed by atoms with Gasteiger partial charge in [0.1, 0.15) is 4.21 Å². The predicted octanol–water partition coefficient (Wildman–Crippen LogP) is 0.791. The van der Waals surface area contributed by atoms with Crippen LogP contribution in [0.25, 0.3) is 0 Å². The maximum atomic E-state index is 12.1. The first-order chi connectivity index (χ1) is 7.64. The van der Waals surface area contributed by atoms with Crippen molar-refractivity contribution in [2.45, 2.75) is 23.2 Å². The quantitative estimate of drug-likeness (QED) is 0.817. The molecule has 7 heteroatoms. The fraction of sp³-hybridized carbons (Fsp3) is 0.556. The zero-order valence-electron chi connectivity index (χ0n) is 8.70. The van der Waals surface area contributed by atoms with Crippen molar-refractivity contribution in [1.82, 2.24) is 4.31 Å². The van der Waals surface area contributed by atoms with E-state index in [0.29, 0.717) is 17.3 Å². The molecular weight excluding hydrogens is 248 g/mol. The third kappa shape index (κ3) is 2.28. The Kier molecular flexibility index (Phi) is 3.60. The number of hydrogen-bond donors (Lipinski definition) is 1. The van der Waals surface area contributed by atoms with E-state index in [1.165, 1.54) is 15.6 Å². The summed E-state index contributed by atoms with van der Waals surface area (Å²) in [6.07, 6.45) is 1.41. The minimum Gasteiger partial charge on any atom is -0.300 e. The number of nitrogens with zero attached hydrogens (tertiary/aromatic N) is 1. The summed E-state index contributed by atoms with van der Waals surface area (Å²) in [6.45, 7) is 0.886. The lowest BCUT2D eigenvalue weighted by molar-refractivity contribution is 0.0182. The molecule has 1 atom stereocenters. The van der Waals surface area contributed by atoms with E-state index in [1.54, 1.807) is 17.5 Å². The van der Waals surface area contributed by atoms with E-state index < -0.39 is 10.0 Å². The maximum Gasteiger partial charge on any atom is 0.252 e. The van der Waals surface area contributed by atoms with E-state index >= 15 is 0 Å². The molecule has 1 saturated heterocycles. The molecule has 0 amide bonds. The van der Waals surface area contributed by atoms with Gasteiger partial charge in [-0.2, -0.15) is 4.31 Å². The second-order valence-electron chi connectivity index (χ2n) is 3.70. The first-order valence-electron chi connectivity index (χ1n) is 5.04. The Morgan fingerprint density at radius 3 is 3.00 bits per heavy atom. The molecule has 2 rings (SSSR count). The Labute approximate surface area is 98.8 Å². The zero-order chi connectivity index (χ0) is 11.6. The van der Waals surface area contributed by atoms with E-state index in [-0.39, 0.29) is 6.10 Å². The summed E-state index contributed by atoms with van der Waals surface area (Å²) in [7, 11) is -3.35. The molecule has 1 fully saturated rings. The number of hydrogen-bond acceptors (Lipinski definition) is 5. The van der Waals surface area contributed by atoms with Crippen LogP contribution in [-0.2, 0) is 14.9 Å². The molecule has 5 nitrogen and oxygen atoms in total. The zero-order valence-corrected chi connectivity index (χ0v) is 10.3. The van der Waals surface area contributed by atoms with Crippen LogP contribution < -0.4 is 5.90 Å². The van der Waals surface area contributed by atoms with Gasteiger partial charge in [0.05, 0.1) is 6.10 Å². The Balaban J connectivity index is 2.18. The van der Waals surface area contributed by atoms with Crippen LogP contribution in [0.3, 0.4) is 0 Å². The van der Waals surface area contributed by atoms with Gasteiger partial charge in [0.2, 0.25) is 0 Å². The van der Waals surface area contributed by atoms with E-state index in [0.717, 1.165) is 12.8 Å². The molecule has 0 saturated carbocycles. The van der Waals surface area contributed by atoms with Crippen molar-refractivity contribution in [2.75, 3.05) is 13.1 Å². The van der Waals surface area contributed by atoms with Crippen molar-refractivity contribution in [2.24, 2.45) is 5.90 Å². The molecule has 0 aliphatic carbocycles. The van der Waals surface area contributed by atoms with Crippen LogP contribution in [-0.4, -0.2) is 31.9 Å². The molecule has 90 valence electrons. The van der Waals surface area contributed by atoms with E-state index in [9.17, 15) is 8.42 Å². The Morgan fingerprint density at radius 2 is 2.38 bits per heavy atom. The normalized spacial score (nSPS) is 23.4. The SMILES string of the molecule is NOC1CCCN(S(=O)(=O)c2cccs2)C1. The number of rotatable bonds is 3. The number of piperidine rings is 1. The van der Waals surface area contributed by atoms with Gasteiger partial charge in [0.25, 0.3) is 10.0 Å². The van der Waals surface area contributed by atoms with Crippen LogP contribution in [0.4, 0.5) is 0 Å². The van der Waals surface area contributed by atoms with Gasteiger partial charge in [-0.1, -0.05) is 6.07 Å². The van der Waals surface area contributed by atoms with E-state index in [4.69, 9.17) is 10.7 Å². The average molecular weight is 262 g/mol. The highest BCUT2D eigenvalue weighted by Crippen LogP contribution is 2.24. The van der Waals surface area contributed by atoms with Gasteiger partial charge < -0.3 is 0 Å². The van der Waals surface area contributed by atoms with Crippen LogP contribution in [0.5, 0.6) is 0 Å². The van der Waals surface area contributed by atoms with E-state index in [1.807, 2.05) is 0 Å². The van der Waals surface area contributed by atoms with Gasteiger partial charge in [0.15, 0.2) is 0 Å². The van der Waals surface area contributed by atoms with Crippen molar-refractivity contribution < 1.29 is 13.3 Å². The monoisotopic (exact) mass is 262 g/mol. The van der Waals surface area contributed by atoms with Crippen molar-refractivity contribution in [1.29, 1.82) is 0 Å². The minimum absolute atomic E-state index is 0.191.